The molecule has 2 atom stereocenters. The molecule has 0 amide bonds. The lowest BCUT2D eigenvalue weighted by Crippen LogP contribution is -2.66. The number of para-hydroxylation sites is 1. The van der Waals surface area contributed by atoms with Gasteiger partial charge >= 0.3 is 0 Å². The first-order valence-electron chi connectivity index (χ1n) is 11.2. The first kappa shape index (κ1) is 21.8. The summed E-state index contributed by atoms with van der Waals surface area (Å²) in [6.07, 6.45) is 4.42. The van der Waals surface area contributed by atoms with Crippen LogP contribution in [0, 0.1) is 11.3 Å². The number of hydrogen-bond donors (Lipinski definition) is 2. The topological polar surface area (TPSA) is 66.1 Å². The zero-order valence-corrected chi connectivity index (χ0v) is 18.9. The SMILES string of the molecule is CC(CN=CN(C)NC1CC2(C1)CN(C)C2)C(N)c1ccc(Oc2ccccc2)cc1. The number of benzene rings is 2. The van der Waals surface area contributed by atoms with E-state index in [1.54, 1.807) is 0 Å². The zero-order valence-electron chi connectivity index (χ0n) is 18.9. The molecule has 2 aromatic rings. The number of aliphatic imine (C=N–C) groups is 1. The van der Waals surface area contributed by atoms with E-state index >= 15 is 0 Å². The van der Waals surface area contributed by atoms with Crippen molar-refractivity contribution in [3.63, 3.8) is 0 Å². The third-order valence-electron chi connectivity index (χ3n) is 6.46. The highest BCUT2D eigenvalue weighted by Gasteiger charge is 2.51. The third-order valence-corrected chi connectivity index (χ3v) is 6.46. The summed E-state index contributed by atoms with van der Waals surface area (Å²) >= 11 is 0. The lowest BCUT2D eigenvalue weighted by atomic mass is 9.61. The van der Waals surface area contributed by atoms with Gasteiger partial charge in [-0.25, -0.2) is 5.43 Å². The highest BCUT2D eigenvalue weighted by atomic mass is 16.5. The average Bonchev–Trinajstić information content (AvgIpc) is 2.72. The smallest absolute Gasteiger partial charge is 0.127 e. The van der Waals surface area contributed by atoms with Crippen molar-refractivity contribution in [1.29, 1.82) is 0 Å². The highest BCUT2D eigenvalue weighted by Crippen LogP contribution is 2.47. The van der Waals surface area contributed by atoms with Gasteiger partial charge in [-0.2, -0.15) is 0 Å². The molecule has 1 heterocycles. The second-order valence-corrected chi connectivity index (χ2v) is 9.49. The Morgan fingerprint density at radius 2 is 1.81 bits per heavy atom. The maximum atomic E-state index is 6.48. The van der Waals surface area contributed by atoms with Crippen LogP contribution in [0.1, 0.15) is 31.4 Å². The van der Waals surface area contributed by atoms with Crippen LogP contribution in [-0.2, 0) is 0 Å². The van der Waals surface area contributed by atoms with E-state index in [2.05, 4.69) is 29.3 Å². The summed E-state index contributed by atoms with van der Waals surface area (Å²) in [5, 5.41) is 1.99. The molecule has 1 saturated heterocycles. The van der Waals surface area contributed by atoms with E-state index in [-0.39, 0.29) is 12.0 Å². The van der Waals surface area contributed by atoms with E-state index in [9.17, 15) is 0 Å². The number of hydrazine groups is 1. The monoisotopic (exact) mass is 421 g/mol. The number of nitrogens with one attached hydrogen (secondary N) is 1. The predicted octanol–water partition coefficient (Wildman–Crippen LogP) is 3.67. The Bertz CT molecular complexity index is 855. The van der Waals surface area contributed by atoms with Crippen LogP contribution in [-0.4, -0.2) is 56.0 Å². The molecule has 1 aliphatic heterocycles. The molecule has 0 radical (unpaired) electrons. The van der Waals surface area contributed by atoms with Gasteiger partial charge in [-0.15, -0.1) is 0 Å². The molecule has 0 bridgehead atoms. The Kier molecular flexibility index (Phi) is 6.60. The fourth-order valence-corrected chi connectivity index (χ4v) is 4.92. The summed E-state index contributed by atoms with van der Waals surface area (Å²) in [7, 11) is 4.22. The molecule has 2 unspecified atom stereocenters. The molecule has 1 aliphatic carbocycles. The number of ether oxygens (including phenoxy) is 1. The van der Waals surface area contributed by atoms with E-state index in [1.807, 2.05) is 73.0 Å². The minimum absolute atomic E-state index is 0.0664. The lowest BCUT2D eigenvalue weighted by Gasteiger charge is -2.58. The van der Waals surface area contributed by atoms with Gasteiger partial charge in [-0.3, -0.25) is 4.99 Å². The minimum Gasteiger partial charge on any atom is -0.457 e. The van der Waals surface area contributed by atoms with Crippen molar-refractivity contribution in [3.8, 4) is 11.5 Å². The van der Waals surface area contributed by atoms with Crippen LogP contribution in [0.5, 0.6) is 11.5 Å². The molecule has 0 aromatic heterocycles. The van der Waals surface area contributed by atoms with Gasteiger partial charge in [-0.1, -0.05) is 37.3 Å². The van der Waals surface area contributed by atoms with Crippen LogP contribution in [0.3, 0.4) is 0 Å². The lowest BCUT2D eigenvalue weighted by molar-refractivity contribution is -0.0737. The van der Waals surface area contributed by atoms with E-state index in [0.717, 1.165) is 17.1 Å². The summed E-state index contributed by atoms with van der Waals surface area (Å²) in [6.45, 7) is 5.33. The summed E-state index contributed by atoms with van der Waals surface area (Å²) in [5.74, 6) is 1.88. The van der Waals surface area contributed by atoms with Gasteiger partial charge in [-0.05, 0) is 61.1 Å². The van der Waals surface area contributed by atoms with Gasteiger partial charge < -0.3 is 20.4 Å². The molecule has 2 aliphatic rings. The van der Waals surface area contributed by atoms with Gasteiger partial charge in [0.2, 0.25) is 0 Å². The Hall–Kier alpha value is -2.41. The van der Waals surface area contributed by atoms with Gasteiger partial charge in [0.1, 0.15) is 11.5 Å². The summed E-state index contributed by atoms with van der Waals surface area (Å²) in [4.78, 5) is 7.01. The number of nitrogens with zero attached hydrogens (tertiary/aromatic N) is 3. The molecule has 6 nitrogen and oxygen atoms in total. The van der Waals surface area contributed by atoms with Crippen molar-refractivity contribution in [2.24, 2.45) is 22.1 Å². The van der Waals surface area contributed by atoms with Crippen LogP contribution >= 0.6 is 0 Å². The van der Waals surface area contributed by atoms with Crippen LogP contribution in [0.15, 0.2) is 59.6 Å². The van der Waals surface area contributed by atoms with Crippen LogP contribution in [0.2, 0.25) is 0 Å². The zero-order chi connectivity index (χ0) is 21.8. The van der Waals surface area contributed by atoms with Gasteiger partial charge in [0.15, 0.2) is 0 Å². The Morgan fingerprint density at radius 3 is 2.45 bits per heavy atom. The maximum absolute atomic E-state index is 6.48. The first-order chi connectivity index (χ1) is 14.9. The summed E-state index contributed by atoms with van der Waals surface area (Å²) in [6, 6.07) is 18.3. The van der Waals surface area contributed by atoms with Crippen molar-refractivity contribution >= 4 is 6.34 Å². The molecule has 166 valence electrons. The molecular weight excluding hydrogens is 386 g/mol. The quantitative estimate of drug-likeness (QED) is 0.367. The maximum Gasteiger partial charge on any atom is 0.127 e. The largest absolute Gasteiger partial charge is 0.457 e. The van der Waals surface area contributed by atoms with Crippen molar-refractivity contribution < 1.29 is 4.74 Å². The van der Waals surface area contributed by atoms with Gasteiger partial charge in [0.05, 0.1) is 6.34 Å². The number of hydrogen-bond acceptors (Lipinski definition) is 5. The van der Waals surface area contributed by atoms with Crippen LogP contribution in [0.4, 0.5) is 0 Å². The van der Waals surface area contributed by atoms with E-state index in [4.69, 9.17) is 10.5 Å². The number of likely N-dealkylation sites (tertiary alicyclic amines) is 1. The first-order valence-corrected chi connectivity index (χ1v) is 11.2. The summed E-state index contributed by atoms with van der Waals surface area (Å²) in [5.41, 5.74) is 11.7. The normalized spacial score (nSPS) is 20.3. The molecule has 1 spiro atoms. The summed E-state index contributed by atoms with van der Waals surface area (Å²) < 4.78 is 5.86. The van der Waals surface area contributed by atoms with Gasteiger partial charge in [0, 0.05) is 38.8 Å². The van der Waals surface area contributed by atoms with Crippen LogP contribution < -0.4 is 15.9 Å². The molecule has 2 fully saturated rings. The molecular formula is C25H35N5O. The second-order valence-electron chi connectivity index (χ2n) is 9.49. The molecule has 4 rings (SSSR count). The van der Waals surface area contributed by atoms with Crippen molar-refractivity contribution in [3.05, 3.63) is 60.2 Å². The standard InChI is InChI=1S/C25H35N5O/c1-19(15-27-18-30(3)28-21-13-25(14-21)16-29(2)17-25)24(26)20-9-11-23(12-10-20)31-22-7-5-4-6-8-22/h4-12,18-19,21,24,28H,13-17,26H2,1-3H3. The Balaban J connectivity index is 1.19. The average molecular weight is 422 g/mol. The number of rotatable bonds is 9. The molecule has 6 heteroatoms. The fourth-order valence-electron chi connectivity index (χ4n) is 4.92. The molecule has 2 aromatic carbocycles. The van der Waals surface area contributed by atoms with Gasteiger partial charge in [0.25, 0.3) is 0 Å². The molecule has 3 N–H and O–H groups in total. The third kappa shape index (κ3) is 5.45. The molecule has 1 saturated carbocycles. The Morgan fingerprint density at radius 1 is 1.16 bits per heavy atom. The van der Waals surface area contributed by atoms with Crippen molar-refractivity contribution in [2.75, 3.05) is 33.7 Å². The van der Waals surface area contributed by atoms with E-state index in [0.29, 0.717) is 18.0 Å². The Labute approximate surface area is 186 Å². The second kappa shape index (κ2) is 9.39. The van der Waals surface area contributed by atoms with Crippen molar-refractivity contribution in [1.82, 2.24) is 15.3 Å². The highest BCUT2D eigenvalue weighted by molar-refractivity contribution is 5.53. The van der Waals surface area contributed by atoms with E-state index in [1.165, 1.54) is 25.9 Å². The predicted molar refractivity (Wildman–Crippen MR) is 126 cm³/mol. The molecule has 31 heavy (non-hydrogen) atoms. The van der Waals surface area contributed by atoms with Crippen molar-refractivity contribution in [2.45, 2.75) is 31.8 Å². The van der Waals surface area contributed by atoms with E-state index < -0.39 is 0 Å². The minimum atomic E-state index is -0.0664. The van der Waals surface area contributed by atoms with Crippen LogP contribution in [0.25, 0.3) is 0 Å². The fraction of sp³-hybridized carbons (Fsp3) is 0.480. The number of nitrogens with two attached hydrogens (primary N) is 1.